The van der Waals surface area contributed by atoms with Crippen molar-refractivity contribution in [2.45, 2.75) is 6.18 Å². The number of carbonyl (C=O) groups is 1. The molecule has 0 N–H and O–H groups in total. The summed E-state index contributed by atoms with van der Waals surface area (Å²) in [5.74, 6) is -2.21. The highest BCUT2D eigenvalue weighted by molar-refractivity contribution is 7.10. The van der Waals surface area contributed by atoms with Crippen LogP contribution in [0.25, 0.3) is 0 Å². The maximum absolute atomic E-state index is 11.0. The van der Waals surface area contributed by atoms with Gasteiger partial charge in [-0.2, -0.15) is 13.2 Å². The number of rotatable bonds is 0. The molecule has 8 heavy (non-hydrogen) atoms. The predicted octanol–water partition coefficient (Wildman–Crippen LogP) is 0.882. The van der Waals surface area contributed by atoms with Crippen LogP contribution in [0.4, 0.5) is 13.2 Å². The van der Waals surface area contributed by atoms with E-state index in [-0.39, 0.29) is 0 Å². The quantitative estimate of drug-likeness (QED) is 0.474. The average Bonchev–Trinajstić information content (AvgIpc) is 1.62. The van der Waals surface area contributed by atoms with Gasteiger partial charge in [-0.3, -0.25) is 0 Å². The molecule has 1 unspecified atom stereocenters. The molecule has 0 saturated heterocycles. The summed E-state index contributed by atoms with van der Waals surface area (Å²) in [5.41, 5.74) is 0. The minimum absolute atomic E-state index is 1.21. The highest BCUT2D eigenvalue weighted by Gasteiger charge is 2.40. The Morgan fingerprint density at radius 3 is 1.88 bits per heavy atom. The van der Waals surface area contributed by atoms with Crippen LogP contribution in [0, 0.1) is 0 Å². The highest BCUT2D eigenvalue weighted by atomic mass is 31.0. The molecule has 0 saturated carbocycles. The van der Waals surface area contributed by atoms with Crippen LogP contribution in [0.1, 0.15) is 0 Å². The lowest BCUT2D eigenvalue weighted by molar-refractivity contribution is -0.188. The summed E-state index contributed by atoms with van der Waals surface area (Å²) in [5, 5.41) is 0. The largest absolute Gasteiger partial charge is 0.491 e. The molecule has 0 rings (SSSR count). The minimum atomic E-state index is -4.87. The van der Waals surface area contributed by atoms with Crippen molar-refractivity contribution in [3.05, 3.63) is 0 Å². The van der Waals surface area contributed by atoms with Crippen LogP contribution in [0.3, 0.4) is 0 Å². The van der Waals surface area contributed by atoms with Crippen molar-refractivity contribution >= 4 is 15.4 Å². The number of hydrogen-bond acceptors (Lipinski definition) is 2. The molecule has 0 aliphatic carbocycles. The molecule has 0 aromatic rings. The molecule has 6 heteroatoms. The Hall–Kier alpha value is -0.310. The summed E-state index contributed by atoms with van der Waals surface area (Å²) < 4.78 is 36.2. The Kier molecular flexibility index (Phi) is 2.22. The van der Waals surface area contributed by atoms with Crippen LogP contribution in [0.5, 0.6) is 0 Å². The van der Waals surface area contributed by atoms with Crippen LogP contribution < -0.4 is 0 Å². The Balaban J connectivity index is 3.82. The van der Waals surface area contributed by atoms with E-state index in [0.29, 0.717) is 0 Å². The van der Waals surface area contributed by atoms with Crippen LogP contribution in [-0.2, 0) is 9.32 Å². The molecule has 0 aliphatic rings. The summed E-state index contributed by atoms with van der Waals surface area (Å²) in [7, 11) is 1.21. The van der Waals surface area contributed by atoms with Gasteiger partial charge in [-0.05, 0) is 0 Å². The Morgan fingerprint density at radius 1 is 1.50 bits per heavy atom. The van der Waals surface area contributed by atoms with Crippen molar-refractivity contribution in [1.82, 2.24) is 0 Å². The van der Waals surface area contributed by atoms with Gasteiger partial charge in [0.25, 0.3) is 0 Å². The van der Waals surface area contributed by atoms with Gasteiger partial charge in [0, 0.05) is 0 Å². The monoisotopic (exact) mass is 146 g/mol. The van der Waals surface area contributed by atoms with Gasteiger partial charge in [0.15, 0.2) is 0 Å². The van der Waals surface area contributed by atoms with Gasteiger partial charge in [0.2, 0.25) is 0 Å². The van der Waals surface area contributed by atoms with E-state index in [9.17, 15) is 18.0 Å². The lowest BCUT2D eigenvalue weighted by Crippen LogP contribution is -2.21. The smallest absolute Gasteiger partial charge is 0.445 e. The van der Waals surface area contributed by atoms with E-state index in [0.717, 1.165) is 0 Å². The van der Waals surface area contributed by atoms with Crippen molar-refractivity contribution < 1.29 is 22.5 Å². The molecular formula is C2H2F3O2P. The topological polar surface area (TPSA) is 26.3 Å². The minimum Gasteiger partial charge on any atom is -0.445 e. The molecule has 2 nitrogen and oxygen atoms in total. The normalized spacial score (nSPS) is 11.0. The van der Waals surface area contributed by atoms with Gasteiger partial charge in [0.1, 0.15) is 0 Å². The van der Waals surface area contributed by atoms with Crippen LogP contribution in [0.2, 0.25) is 0 Å². The van der Waals surface area contributed by atoms with Gasteiger partial charge in [0.05, 0.1) is 9.47 Å². The zero-order valence-corrected chi connectivity index (χ0v) is 4.68. The van der Waals surface area contributed by atoms with Crippen LogP contribution >= 0.6 is 9.47 Å². The SMILES string of the molecule is O=C(OP)C(F)(F)F. The summed E-state index contributed by atoms with van der Waals surface area (Å²) in [6.45, 7) is 0. The van der Waals surface area contributed by atoms with E-state index in [2.05, 4.69) is 4.52 Å². The van der Waals surface area contributed by atoms with Crippen molar-refractivity contribution in [3.8, 4) is 0 Å². The molecule has 0 fully saturated rings. The van der Waals surface area contributed by atoms with Gasteiger partial charge in [-0.25, -0.2) is 4.79 Å². The molecule has 0 aliphatic heterocycles. The summed E-state index contributed by atoms with van der Waals surface area (Å²) in [6.07, 6.45) is -4.87. The van der Waals surface area contributed by atoms with Crippen molar-refractivity contribution in [2.75, 3.05) is 0 Å². The summed E-state index contributed by atoms with van der Waals surface area (Å²) in [6, 6.07) is 0. The fraction of sp³-hybridized carbons (Fsp3) is 0.500. The lowest BCUT2D eigenvalue weighted by atomic mass is 10.7. The predicted molar refractivity (Wildman–Crippen MR) is 21.9 cm³/mol. The van der Waals surface area contributed by atoms with E-state index in [1.54, 1.807) is 0 Å². The van der Waals surface area contributed by atoms with Crippen molar-refractivity contribution in [1.29, 1.82) is 0 Å². The van der Waals surface area contributed by atoms with Crippen LogP contribution in [0.15, 0.2) is 0 Å². The third kappa shape index (κ3) is 2.12. The first-order valence-corrected chi connectivity index (χ1v) is 1.93. The fourth-order valence-corrected chi connectivity index (χ4v) is 0.200. The van der Waals surface area contributed by atoms with Crippen LogP contribution in [-0.4, -0.2) is 12.1 Å². The average molecular weight is 146 g/mol. The molecule has 0 spiro atoms. The second-order valence-electron chi connectivity index (χ2n) is 0.903. The first-order chi connectivity index (χ1) is 3.48. The maximum Gasteiger partial charge on any atom is 0.491 e. The molecule has 48 valence electrons. The van der Waals surface area contributed by atoms with E-state index in [4.69, 9.17) is 0 Å². The number of halogens is 3. The summed E-state index contributed by atoms with van der Waals surface area (Å²) in [4.78, 5) is 9.47. The number of carbonyl (C=O) groups excluding carboxylic acids is 1. The molecule has 0 heterocycles. The first kappa shape index (κ1) is 7.69. The molecule has 0 radical (unpaired) electrons. The fourth-order valence-electron chi connectivity index (χ4n) is 0.0668. The van der Waals surface area contributed by atoms with Gasteiger partial charge in [-0.1, -0.05) is 0 Å². The van der Waals surface area contributed by atoms with Crippen molar-refractivity contribution in [3.63, 3.8) is 0 Å². The van der Waals surface area contributed by atoms with E-state index < -0.39 is 12.1 Å². The van der Waals surface area contributed by atoms with E-state index in [1.165, 1.54) is 9.47 Å². The van der Waals surface area contributed by atoms with Gasteiger partial charge >= 0.3 is 12.1 Å². The summed E-state index contributed by atoms with van der Waals surface area (Å²) >= 11 is 0. The Morgan fingerprint density at radius 2 is 1.88 bits per heavy atom. The maximum atomic E-state index is 11.0. The molecule has 1 atom stereocenters. The first-order valence-electron chi connectivity index (χ1n) is 1.46. The third-order valence-electron chi connectivity index (χ3n) is 0.338. The van der Waals surface area contributed by atoms with Gasteiger partial charge < -0.3 is 4.52 Å². The second kappa shape index (κ2) is 2.31. The zero-order valence-electron chi connectivity index (χ0n) is 3.53. The van der Waals surface area contributed by atoms with Gasteiger partial charge in [-0.15, -0.1) is 0 Å². The lowest BCUT2D eigenvalue weighted by Gasteiger charge is -1.99. The van der Waals surface area contributed by atoms with E-state index in [1.807, 2.05) is 0 Å². The molecule has 0 aromatic heterocycles. The standard InChI is InChI=1S/C2H2F3O2P/c3-2(4,5)1(6)7-8/h8H2. The Labute approximate surface area is 45.3 Å². The number of hydrogen-bond donors (Lipinski definition) is 0. The van der Waals surface area contributed by atoms with E-state index >= 15 is 0 Å². The molecule has 0 bridgehead atoms. The zero-order chi connectivity index (χ0) is 6.78. The second-order valence-corrected chi connectivity index (χ2v) is 1.14. The third-order valence-corrected chi connectivity index (χ3v) is 0.553. The van der Waals surface area contributed by atoms with Crippen molar-refractivity contribution in [2.24, 2.45) is 0 Å². The molecule has 0 amide bonds. The highest BCUT2D eigenvalue weighted by Crippen LogP contribution is 2.17. The Bertz CT molecular complexity index is 97.9. The number of alkyl halides is 3. The molecular weight excluding hydrogens is 144 g/mol. The molecule has 0 aromatic carbocycles.